The Bertz CT molecular complexity index is 647. The molecule has 0 atom stereocenters. The normalized spacial score (nSPS) is 12.9. The van der Waals surface area contributed by atoms with E-state index in [-0.39, 0.29) is 0 Å². The highest BCUT2D eigenvalue weighted by atomic mass is 35.5. The molecule has 3 rings (SSSR count). The first-order valence-electron chi connectivity index (χ1n) is 6.87. The van der Waals surface area contributed by atoms with Gasteiger partial charge in [0.25, 0.3) is 5.88 Å². The molecule has 0 N–H and O–H groups in total. The van der Waals surface area contributed by atoms with Crippen LogP contribution >= 0.6 is 11.6 Å². The summed E-state index contributed by atoms with van der Waals surface area (Å²) in [5.41, 5.74) is 1.90. The molecule has 1 aliphatic heterocycles. The van der Waals surface area contributed by atoms with Crippen LogP contribution in [-0.4, -0.2) is 42.3 Å². The number of hydrogen-bond acceptors (Lipinski definition) is 5. The van der Waals surface area contributed by atoms with Gasteiger partial charge in [-0.1, -0.05) is 23.7 Å². The van der Waals surface area contributed by atoms with Gasteiger partial charge in [-0.15, -0.1) is 10.2 Å². The van der Waals surface area contributed by atoms with Crippen LogP contribution in [0.1, 0.15) is 6.42 Å². The predicted molar refractivity (Wildman–Crippen MR) is 83.7 cm³/mol. The first-order valence-corrected chi connectivity index (χ1v) is 7.25. The van der Waals surface area contributed by atoms with Crippen LogP contribution < -0.4 is 9.64 Å². The number of ether oxygens (including phenoxy) is 1. The molecule has 6 heteroatoms. The zero-order valence-corrected chi connectivity index (χ0v) is 12.8. The van der Waals surface area contributed by atoms with Gasteiger partial charge in [-0.05, 0) is 39.2 Å². The number of nitrogens with zero attached hydrogens (tertiary/aromatic N) is 4. The second-order valence-corrected chi connectivity index (χ2v) is 5.62. The maximum absolute atomic E-state index is 5.99. The molecule has 0 saturated carbocycles. The molecule has 0 amide bonds. The van der Waals surface area contributed by atoms with Gasteiger partial charge in [-0.3, -0.25) is 0 Å². The number of benzene rings is 1. The Morgan fingerprint density at radius 3 is 2.81 bits per heavy atom. The maximum Gasteiger partial charge on any atom is 0.263 e. The second-order valence-electron chi connectivity index (χ2n) is 5.24. The van der Waals surface area contributed by atoms with Crippen LogP contribution in [0.5, 0.6) is 11.6 Å². The quantitative estimate of drug-likeness (QED) is 0.866. The summed E-state index contributed by atoms with van der Waals surface area (Å²) in [4.78, 5) is 4.36. The van der Waals surface area contributed by atoms with Crippen molar-refractivity contribution in [1.82, 2.24) is 15.1 Å². The van der Waals surface area contributed by atoms with E-state index in [1.54, 1.807) is 6.07 Å². The van der Waals surface area contributed by atoms with Crippen LogP contribution in [-0.2, 0) is 0 Å². The third-order valence-electron chi connectivity index (χ3n) is 3.35. The Kier molecular flexibility index (Phi) is 3.94. The standard InChI is InChI=1S/C15H17ClN4O/c1-19(2)8-5-9-20-11-6-3-4-7-13(11)21-15-12(20)10-14(16)17-18-15/h3-4,6-7,10H,5,8-9H2,1-2H3. The van der Waals surface area contributed by atoms with E-state index in [2.05, 4.69) is 34.1 Å². The van der Waals surface area contributed by atoms with E-state index in [0.29, 0.717) is 11.0 Å². The van der Waals surface area contributed by atoms with Crippen LogP contribution in [0.2, 0.25) is 5.15 Å². The number of fused-ring (bicyclic) bond motifs is 2. The Balaban J connectivity index is 1.94. The minimum Gasteiger partial charge on any atom is -0.434 e. The minimum atomic E-state index is 0.370. The Hall–Kier alpha value is -1.85. The molecule has 0 fully saturated rings. The molecule has 1 aromatic heterocycles. The predicted octanol–water partition coefficient (Wildman–Crippen LogP) is 3.33. The molecule has 2 heterocycles. The monoisotopic (exact) mass is 304 g/mol. The number of aromatic nitrogens is 2. The lowest BCUT2D eigenvalue weighted by Gasteiger charge is -2.31. The number of hydrogen-bond donors (Lipinski definition) is 0. The molecule has 0 bridgehead atoms. The van der Waals surface area contributed by atoms with Gasteiger partial charge in [0.2, 0.25) is 0 Å². The van der Waals surface area contributed by atoms with Gasteiger partial charge in [0.1, 0.15) is 5.69 Å². The van der Waals surface area contributed by atoms with Crippen molar-refractivity contribution in [3.63, 3.8) is 0 Å². The number of para-hydroxylation sites is 2. The first kappa shape index (κ1) is 14.1. The molecule has 0 spiro atoms. The van der Waals surface area contributed by atoms with Crippen molar-refractivity contribution < 1.29 is 4.74 Å². The number of rotatable bonds is 4. The lowest BCUT2D eigenvalue weighted by molar-refractivity contribution is 0.399. The summed E-state index contributed by atoms with van der Waals surface area (Å²) in [7, 11) is 4.15. The molecule has 0 saturated heterocycles. The summed E-state index contributed by atoms with van der Waals surface area (Å²) in [6.45, 7) is 1.88. The van der Waals surface area contributed by atoms with E-state index in [9.17, 15) is 0 Å². The lowest BCUT2D eigenvalue weighted by atomic mass is 10.2. The zero-order valence-electron chi connectivity index (χ0n) is 12.1. The molecule has 0 radical (unpaired) electrons. The highest BCUT2D eigenvalue weighted by Gasteiger charge is 2.25. The van der Waals surface area contributed by atoms with Gasteiger partial charge < -0.3 is 14.5 Å². The van der Waals surface area contributed by atoms with Crippen molar-refractivity contribution in [2.75, 3.05) is 32.1 Å². The largest absolute Gasteiger partial charge is 0.434 e. The summed E-state index contributed by atoms with van der Waals surface area (Å²) in [5.74, 6) is 1.30. The van der Waals surface area contributed by atoms with Gasteiger partial charge in [0.15, 0.2) is 10.9 Å². The minimum absolute atomic E-state index is 0.370. The molecule has 2 aromatic rings. The molecule has 0 unspecified atom stereocenters. The van der Waals surface area contributed by atoms with Gasteiger partial charge in [-0.2, -0.15) is 0 Å². The second kappa shape index (κ2) is 5.87. The number of halogens is 1. The third kappa shape index (κ3) is 2.94. The van der Waals surface area contributed by atoms with E-state index in [4.69, 9.17) is 16.3 Å². The van der Waals surface area contributed by atoms with Crippen LogP contribution in [0.15, 0.2) is 30.3 Å². The fourth-order valence-electron chi connectivity index (χ4n) is 2.40. The Morgan fingerprint density at radius 2 is 2.00 bits per heavy atom. The Labute approximate surface area is 129 Å². The average Bonchev–Trinajstić information content (AvgIpc) is 2.46. The molecular weight excluding hydrogens is 288 g/mol. The van der Waals surface area contributed by atoms with Crippen LogP contribution in [0.25, 0.3) is 0 Å². The summed E-state index contributed by atoms with van der Waals surface area (Å²) < 4.78 is 5.81. The summed E-state index contributed by atoms with van der Waals surface area (Å²) in [6.07, 6.45) is 1.03. The molecule has 110 valence electrons. The van der Waals surface area contributed by atoms with Gasteiger partial charge in [-0.25, -0.2) is 0 Å². The fourth-order valence-corrected chi connectivity index (χ4v) is 2.54. The maximum atomic E-state index is 5.99. The number of anilines is 2. The molecule has 5 nitrogen and oxygen atoms in total. The van der Waals surface area contributed by atoms with E-state index >= 15 is 0 Å². The van der Waals surface area contributed by atoms with Crippen molar-refractivity contribution in [1.29, 1.82) is 0 Å². The van der Waals surface area contributed by atoms with Gasteiger partial charge in [0.05, 0.1) is 5.69 Å². The summed E-state index contributed by atoms with van der Waals surface area (Å²) in [5, 5.41) is 8.29. The smallest absolute Gasteiger partial charge is 0.263 e. The van der Waals surface area contributed by atoms with Crippen LogP contribution in [0.3, 0.4) is 0 Å². The Morgan fingerprint density at radius 1 is 1.19 bits per heavy atom. The highest BCUT2D eigenvalue weighted by Crippen LogP contribution is 2.45. The molecule has 21 heavy (non-hydrogen) atoms. The lowest BCUT2D eigenvalue weighted by Crippen LogP contribution is -2.26. The highest BCUT2D eigenvalue weighted by molar-refractivity contribution is 6.29. The third-order valence-corrected chi connectivity index (χ3v) is 3.54. The van der Waals surface area contributed by atoms with E-state index in [0.717, 1.165) is 36.6 Å². The van der Waals surface area contributed by atoms with Crippen molar-refractivity contribution in [3.8, 4) is 11.6 Å². The first-order chi connectivity index (χ1) is 10.1. The molecule has 0 aliphatic carbocycles. The molecule has 1 aliphatic rings. The fraction of sp³-hybridized carbons (Fsp3) is 0.333. The summed E-state index contributed by atoms with van der Waals surface area (Å²) >= 11 is 5.99. The van der Waals surface area contributed by atoms with E-state index in [1.165, 1.54) is 0 Å². The van der Waals surface area contributed by atoms with Gasteiger partial charge in [0, 0.05) is 12.6 Å². The SMILES string of the molecule is CN(C)CCCN1c2ccccc2Oc2nnc(Cl)cc21. The van der Waals surface area contributed by atoms with Gasteiger partial charge >= 0.3 is 0 Å². The van der Waals surface area contributed by atoms with Crippen molar-refractivity contribution in [2.45, 2.75) is 6.42 Å². The van der Waals surface area contributed by atoms with Crippen LogP contribution in [0, 0.1) is 0 Å². The van der Waals surface area contributed by atoms with Crippen molar-refractivity contribution in [2.24, 2.45) is 0 Å². The molecule has 1 aromatic carbocycles. The van der Waals surface area contributed by atoms with E-state index in [1.807, 2.05) is 24.3 Å². The van der Waals surface area contributed by atoms with Crippen molar-refractivity contribution in [3.05, 3.63) is 35.5 Å². The van der Waals surface area contributed by atoms with E-state index < -0.39 is 0 Å². The zero-order chi connectivity index (χ0) is 14.8. The van der Waals surface area contributed by atoms with Crippen LogP contribution in [0.4, 0.5) is 11.4 Å². The molecular formula is C15H17ClN4O. The van der Waals surface area contributed by atoms with Crippen molar-refractivity contribution >= 4 is 23.0 Å². The average molecular weight is 305 g/mol. The summed E-state index contributed by atoms with van der Waals surface area (Å²) in [6, 6.07) is 9.73. The topological polar surface area (TPSA) is 41.5 Å².